The van der Waals surface area contributed by atoms with Crippen molar-refractivity contribution in [2.45, 2.75) is 38.8 Å². The maximum atomic E-state index is 13.4. The van der Waals surface area contributed by atoms with E-state index in [1.165, 1.54) is 25.0 Å². The number of nitrogens with one attached hydrogen (secondary N) is 1. The predicted molar refractivity (Wildman–Crippen MR) is 121 cm³/mol. The molecule has 2 fully saturated rings. The van der Waals surface area contributed by atoms with Gasteiger partial charge in [-0.05, 0) is 62.3 Å². The highest BCUT2D eigenvalue weighted by atomic mass is 19.1. The van der Waals surface area contributed by atoms with Crippen molar-refractivity contribution in [3.63, 3.8) is 0 Å². The number of anilines is 4. The first-order chi connectivity index (χ1) is 15.6. The van der Waals surface area contributed by atoms with E-state index in [2.05, 4.69) is 31.2 Å². The minimum absolute atomic E-state index is 0.228. The third kappa shape index (κ3) is 3.45. The average molecular weight is 435 g/mol. The van der Waals surface area contributed by atoms with Gasteiger partial charge in [0, 0.05) is 49.7 Å². The molecule has 1 N–H and O–H groups in total. The number of aryl methyl sites for hydroxylation is 2. The van der Waals surface area contributed by atoms with Crippen LogP contribution >= 0.6 is 0 Å². The normalized spacial score (nSPS) is 24.5. The van der Waals surface area contributed by atoms with Crippen molar-refractivity contribution in [1.29, 1.82) is 0 Å². The summed E-state index contributed by atoms with van der Waals surface area (Å²) >= 11 is 0. The maximum Gasteiger partial charge on any atom is 0.244 e. The van der Waals surface area contributed by atoms with E-state index >= 15 is 0 Å². The molecule has 1 aromatic carbocycles. The molecule has 6 rings (SSSR count). The molecular formula is C23H27FN8. The molecule has 3 aromatic rings. The third-order valence-electron chi connectivity index (χ3n) is 7.03. The Morgan fingerprint density at radius 3 is 2.56 bits per heavy atom. The van der Waals surface area contributed by atoms with Crippen LogP contribution in [0.5, 0.6) is 0 Å². The minimum atomic E-state index is -0.228. The van der Waals surface area contributed by atoms with Crippen LogP contribution in [0.2, 0.25) is 0 Å². The van der Waals surface area contributed by atoms with Crippen molar-refractivity contribution in [3.8, 4) is 0 Å². The van der Waals surface area contributed by atoms with Crippen LogP contribution < -0.4 is 15.1 Å². The van der Waals surface area contributed by atoms with Crippen LogP contribution in [0.4, 0.5) is 27.8 Å². The van der Waals surface area contributed by atoms with Gasteiger partial charge in [-0.25, -0.2) is 19.0 Å². The Morgan fingerprint density at radius 1 is 1.03 bits per heavy atom. The van der Waals surface area contributed by atoms with Gasteiger partial charge >= 0.3 is 0 Å². The lowest BCUT2D eigenvalue weighted by molar-refractivity contribution is 0.374. The van der Waals surface area contributed by atoms with Gasteiger partial charge in [0.05, 0.1) is 0 Å². The number of nitrogens with zero attached hydrogens (tertiary/aromatic N) is 7. The van der Waals surface area contributed by atoms with Crippen LogP contribution in [0.1, 0.15) is 25.0 Å². The number of halogens is 1. The van der Waals surface area contributed by atoms with E-state index in [4.69, 9.17) is 10.1 Å². The maximum absolute atomic E-state index is 13.4. The molecule has 0 amide bonds. The van der Waals surface area contributed by atoms with Gasteiger partial charge in [0.15, 0.2) is 0 Å². The number of piperidine rings is 1. The summed E-state index contributed by atoms with van der Waals surface area (Å²) < 4.78 is 15.3. The second kappa shape index (κ2) is 7.72. The van der Waals surface area contributed by atoms with Crippen molar-refractivity contribution in [1.82, 2.24) is 24.7 Å². The van der Waals surface area contributed by atoms with Crippen molar-refractivity contribution in [2.24, 2.45) is 11.8 Å². The van der Waals surface area contributed by atoms with Gasteiger partial charge in [-0.15, -0.1) is 5.10 Å². The summed E-state index contributed by atoms with van der Waals surface area (Å²) in [6, 6.07) is 9.04. The number of fused-ring (bicyclic) bond motifs is 3. The van der Waals surface area contributed by atoms with E-state index < -0.39 is 0 Å². The second-order valence-corrected chi connectivity index (χ2v) is 9.13. The van der Waals surface area contributed by atoms with Crippen molar-refractivity contribution in [2.75, 3.05) is 34.8 Å². The molecule has 2 unspecified atom stereocenters. The molecule has 2 aliphatic heterocycles. The molecule has 166 valence electrons. The largest absolute Gasteiger partial charge is 0.356 e. The summed E-state index contributed by atoms with van der Waals surface area (Å²) in [6.45, 7) is 5.68. The van der Waals surface area contributed by atoms with Crippen LogP contribution in [-0.4, -0.2) is 50.4 Å². The van der Waals surface area contributed by atoms with E-state index in [1.54, 1.807) is 18.5 Å². The highest BCUT2D eigenvalue weighted by molar-refractivity contribution is 5.59. The number of benzene rings is 1. The summed E-state index contributed by atoms with van der Waals surface area (Å²) in [4.78, 5) is 18.1. The standard InChI is InChI=1S/C23H27FN8/c1-15-11-20(26-14-25-15)30-12-16-3-4-17(13-30)21(16)27-22-28-23-31(9-2-10-32(23)29-22)19-7-5-18(24)6-8-19/h5-8,11,14,16-17,21H,2-4,9-10,12-13H2,1H3,(H,27,29)/t16-,17?,21?/m0/s1. The van der Waals surface area contributed by atoms with Crippen LogP contribution in [0.15, 0.2) is 36.7 Å². The highest BCUT2D eigenvalue weighted by Gasteiger charge is 2.43. The van der Waals surface area contributed by atoms with Gasteiger partial charge in [0.25, 0.3) is 0 Å². The SMILES string of the molecule is Cc1cc(N2CC3CC[C@@H](C2)C3Nc2nc3n(n2)CCCN3c2ccc(F)cc2)ncn1. The van der Waals surface area contributed by atoms with Crippen molar-refractivity contribution >= 4 is 23.4 Å². The molecule has 2 bridgehead atoms. The average Bonchev–Trinajstić information content (AvgIpc) is 3.30. The predicted octanol–water partition coefficient (Wildman–Crippen LogP) is 3.38. The lowest BCUT2D eigenvalue weighted by Gasteiger charge is -2.38. The Morgan fingerprint density at radius 2 is 1.81 bits per heavy atom. The molecule has 32 heavy (non-hydrogen) atoms. The highest BCUT2D eigenvalue weighted by Crippen LogP contribution is 2.40. The summed E-state index contributed by atoms with van der Waals surface area (Å²) in [6.07, 6.45) is 5.05. The number of aromatic nitrogens is 5. The Hall–Kier alpha value is -3.23. The molecule has 0 spiro atoms. The van der Waals surface area contributed by atoms with Crippen LogP contribution in [0, 0.1) is 24.6 Å². The van der Waals surface area contributed by atoms with Gasteiger partial charge in [0.2, 0.25) is 11.9 Å². The minimum Gasteiger partial charge on any atom is -0.356 e. The fraction of sp³-hybridized carbons (Fsp3) is 0.478. The Labute approximate surface area is 186 Å². The van der Waals surface area contributed by atoms with E-state index in [0.29, 0.717) is 23.8 Å². The van der Waals surface area contributed by atoms with Crippen molar-refractivity contribution < 1.29 is 4.39 Å². The monoisotopic (exact) mass is 434 g/mol. The van der Waals surface area contributed by atoms with Crippen LogP contribution in [-0.2, 0) is 6.54 Å². The Balaban J connectivity index is 1.20. The summed E-state index contributed by atoms with van der Waals surface area (Å²) in [7, 11) is 0. The molecule has 3 atom stereocenters. The first-order valence-corrected chi connectivity index (χ1v) is 11.4. The van der Waals surface area contributed by atoms with Gasteiger partial charge in [-0.2, -0.15) is 4.98 Å². The molecule has 2 aromatic heterocycles. The molecule has 0 radical (unpaired) electrons. The van der Waals surface area contributed by atoms with Crippen LogP contribution in [0.25, 0.3) is 0 Å². The third-order valence-corrected chi connectivity index (χ3v) is 7.03. The molecular weight excluding hydrogens is 407 g/mol. The molecule has 1 saturated heterocycles. The lowest BCUT2D eigenvalue weighted by atomic mass is 9.92. The van der Waals surface area contributed by atoms with Crippen LogP contribution in [0.3, 0.4) is 0 Å². The molecule has 3 aliphatic rings. The molecule has 1 aliphatic carbocycles. The summed E-state index contributed by atoms with van der Waals surface area (Å²) in [5.74, 6) is 3.40. The molecule has 4 heterocycles. The topological polar surface area (TPSA) is 75.0 Å². The zero-order valence-corrected chi connectivity index (χ0v) is 18.2. The smallest absolute Gasteiger partial charge is 0.244 e. The van der Waals surface area contributed by atoms with E-state index in [1.807, 2.05) is 11.6 Å². The Bertz CT molecular complexity index is 1100. The van der Waals surface area contributed by atoms with Gasteiger partial charge in [-0.3, -0.25) is 0 Å². The van der Waals surface area contributed by atoms with Gasteiger partial charge < -0.3 is 15.1 Å². The zero-order valence-electron chi connectivity index (χ0n) is 18.2. The van der Waals surface area contributed by atoms with E-state index in [9.17, 15) is 4.39 Å². The van der Waals surface area contributed by atoms with Gasteiger partial charge in [0.1, 0.15) is 18.0 Å². The number of rotatable bonds is 4. The second-order valence-electron chi connectivity index (χ2n) is 9.13. The Kier molecular flexibility index (Phi) is 4.69. The fourth-order valence-corrected chi connectivity index (χ4v) is 5.50. The molecule has 1 saturated carbocycles. The van der Waals surface area contributed by atoms with Gasteiger partial charge in [-0.1, -0.05) is 0 Å². The lowest BCUT2D eigenvalue weighted by Crippen LogP contribution is -2.48. The summed E-state index contributed by atoms with van der Waals surface area (Å²) in [5, 5.41) is 8.44. The quantitative estimate of drug-likeness (QED) is 0.675. The number of hydrogen-bond donors (Lipinski definition) is 1. The first-order valence-electron chi connectivity index (χ1n) is 11.4. The first kappa shape index (κ1) is 19.5. The van der Waals surface area contributed by atoms with E-state index in [-0.39, 0.29) is 5.82 Å². The van der Waals surface area contributed by atoms with E-state index in [0.717, 1.165) is 55.7 Å². The zero-order chi connectivity index (χ0) is 21.7. The fourth-order valence-electron chi connectivity index (χ4n) is 5.50. The summed E-state index contributed by atoms with van der Waals surface area (Å²) in [5.41, 5.74) is 1.95. The number of hydrogen-bond acceptors (Lipinski definition) is 7. The van der Waals surface area contributed by atoms with Crippen molar-refractivity contribution in [3.05, 3.63) is 48.2 Å². The molecule has 8 nitrogen and oxygen atoms in total. The molecule has 9 heteroatoms.